The first-order valence-corrected chi connectivity index (χ1v) is 20.5. The number of likely N-dealkylation sites (N-methyl/N-ethyl adjacent to an activating group) is 2. The molecule has 0 aliphatic carbocycles. The summed E-state index contributed by atoms with van der Waals surface area (Å²) in [6, 6.07) is 7.48. The maximum Gasteiger partial charge on any atom is 0.410 e. The van der Waals surface area contributed by atoms with E-state index in [2.05, 4.69) is 22.2 Å². The van der Waals surface area contributed by atoms with Crippen molar-refractivity contribution in [1.82, 2.24) is 29.2 Å². The summed E-state index contributed by atoms with van der Waals surface area (Å²) in [4.78, 5) is 96.0. The number of ether oxygens (including phenoxy) is 3. The lowest BCUT2D eigenvalue weighted by Crippen LogP contribution is -2.44. The molecule has 62 heavy (non-hydrogen) atoms. The van der Waals surface area contributed by atoms with Crippen LogP contribution in [-0.4, -0.2) is 129 Å². The van der Waals surface area contributed by atoms with Crippen LogP contribution in [0.3, 0.4) is 0 Å². The van der Waals surface area contributed by atoms with Crippen molar-refractivity contribution in [1.29, 1.82) is 0 Å². The predicted octanol–water partition coefficient (Wildman–Crippen LogP) is 1.75. The van der Waals surface area contributed by atoms with Gasteiger partial charge in [-0.2, -0.15) is 0 Å². The highest BCUT2D eigenvalue weighted by atomic mass is 16.6. The lowest BCUT2D eigenvalue weighted by Gasteiger charge is -2.26. The highest BCUT2D eigenvalue weighted by molar-refractivity contribution is 5.97. The van der Waals surface area contributed by atoms with E-state index in [4.69, 9.17) is 19.9 Å². The van der Waals surface area contributed by atoms with Crippen LogP contribution in [0.25, 0.3) is 11.0 Å². The maximum absolute atomic E-state index is 13.6. The number of rotatable bonds is 21. The number of H-pyrrole nitrogens is 1. The molecular weight excluding hydrogens is 809 g/mol. The number of aryl methyl sites for hydroxylation is 1. The number of Topliss-reactive ketones (excluding diaryl/α,β-unsaturated/α-hetero) is 1. The third-order valence-corrected chi connectivity index (χ3v) is 10.6. The van der Waals surface area contributed by atoms with Gasteiger partial charge in [-0.25, -0.2) is 14.4 Å². The molecule has 2 aromatic heterocycles. The Hall–Kier alpha value is -5.83. The number of imidazole rings is 1. The van der Waals surface area contributed by atoms with Gasteiger partial charge in [-0.1, -0.05) is 38.5 Å². The molecule has 1 saturated heterocycles. The third-order valence-electron chi connectivity index (χ3n) is 10.6. The number of carbonyl (C=O) groups is 5. The van der Waals surface area contributed by atoms with E-state index in [1.807, 2.05) is 13.8 Å². The number of fused-ring (bicyclic) bond motifs is 1. The van der Waals surface area contributed by atoms with Crippen LogP contribution in [-0.2, 0) is 41.7 Å². The number of amides is 4. The van der Waals surface area contributed by atoms with E-state index in [1.165, 1.54) is 36.6 Å². The number of hydrogen-bond acceptors (Lipinski definition) is 13. The van der Waals surface area contributed by atoms with Gasteiger partial charge < -0.3 is 55.6 Å². The van der Waals surface area contributed by atoms with Crippen molar-refractivity contribution in [3.8, 4) is 0 Å². The number of nitrogens with one attached hydrogen (secondary N) is 3. The number of benzene rings is 1. The molecule has 3 aromatic rings. The summed E-state index contributed by atoms with van der Waals surface area (Å²) in [5.74, 6) is -1.68. The first-order chi connectivity index (χ1) is 29.4. The second kappa shape index (κ2) is 22.3. The molecule has 20 nitrogen and oxygen atoms in total. The van der Waals surface area contributed by atoms with Crippen LogP contribution in [0.2, 0.25) is 0 Å². The number of hydrogen-bond donors (Lipinski definition) is 6. The van der Waals surface area contributed by atoms with Crippen LogP contribution in [0, 0.1) is 18.8 Å². The number of nitrogens with zero attached hydrogens (tertiary/aromatic N) is 4. The molecule has 0 spiro atoms. The lowest BCUT2D eigenvalue weighted by molar-refractivity contribution is -0.130. The van der Waals surface area contributed by atoms with Gasteiger partial charge in [0.25, 0.3) is 5.56 Å². The number of nitrogens with two attached hydrogens (primary N) is 1. The maximum atomic E-state index is 13.6. The van der Waals surface area contributed by atoms with E-state index in [1.54, 1.807) is 37.3 Å². The van der Waals surface area contributed by atoms with E-state index >= 15 is 0 Å². The number of ketones is 1. The standard InChI is InChI=1S/C42H60N8O12/c1-8-17-49-34-30(20-25(4)44-38(34)56)50(40(49)57)39-36(35(54)32(22-51)61-39)62-42(59)48(7)19-18-47(6)41(58)60-23-27-12-14-29(15-13-27)46-37(55)28(11-9-10-16-43)21-31(53)33(24(2)3)45-26(5)52/h8,12-15,20,24,28,32-33,35-36,39,51,54H,1,9-11,16-19,21-23,43H2,2-7H3,(H,44,56)(H,45,52)(H,46,55)/t28-,32-,33+,35-,36?,39-/m1/s1. The number of pyridine rings is 1. The van der Waals surface area contributed by atoms with Crippen molar-refractivity contribution in [2.24, 2.45) is 17.6 Å². The summed E-state index contributed by atoms with van der Waals surface area (Å²) >= 11 is 0. The number of aromatic amines is 1. The number of carbonyl (C=O) groups excluding carboxylic acids is 5. The Morgan fingerprint density at radius 3 is 2.32 bits per heavy atom. The molecule has 1 aliphatic heterocycles. The van der Waals surface area contributed by atoms with Crippen LogP contribution in [0.4, 0.5) is 15.3 Å². The molecule has 20 heteroatoms. The van der Waals surface area contributed by atoms with Gasteiger partial charge in [0.1, 0.15) is 24.3 Å². The van der Waals surface area contributed by atoms with Crippen LogP contribution in [0.5, 0.6) is 0 Å². The zero-order valence-corrected chi connectivity index (χ0v) is 36.1. The zero-order valence-electron chi connectivity index (χ0n) is 36.1. The molecule has 340 valence electrons. The van der Waals surface area contributed by atoms with Gasteiger partial charge in [0.05, 0.1) is 18.2 Å². The first-order valence-electron chi connectivity index (χ1n) is 20.5. The third kappa shape index (κ3) is 12.2. The molecule has 1 unspecified atom stereocenters. The smallest absolute Gasteiger partial charge is 0.410 e. The Bertz CT molecular complexity index is 2180. The molecule has 0 bridgehead atoms. The lowest BCUT2D eigenvalue weighted by atomic mass is 9.89. The van der Waals surface area contributed by atoms with Crippen LogP contribution in [0.1, 0.15) is 63.9 Å². The molecule has 4 amide bonds. The fourth-order valence-electron chi connectivity index (χ4n) is 7.13. The van der Waals surface area contributed by atoms with E-state index < -0.39 is 66.5 Å². The minimum absolute atomic E-state index is 0.00997. The summed E-state index contributed by atoms with van der Waals surface area (Å²) in [5, 5.41) is 26.5. The molecule has 6 atom stereocenters. The summed E-state index contributed by atoms with van der Waals surface area (Å²) in [6.07, 6.45) is -4.10. The van der Waals surface area contributed by atoms with E-state index in [0.717, 1.165) is 9.47 Å². The van der Waals surface area contributed by atoms with Crippen molar-refractivity contribution >= 4 is 46.5 Å². The fourth-order valence-corrected chi connectivity index (χ4v) is 7.13. The van der Waals surface area contributed by atoms with Gasteiger partial charge in [0, 0.05) is 64.4 Å². The number of aromatic nitrogens is 3. The first kappa shape index (κ1) is 48.8. The van der Waals surface area contributed by atoms with Crippen LogP contribution >= 0.6 is 0 Å². The van der Waals surface area contributed by atoms with Gasteiger partial charge in [0.2, 0.25) is 11.8 Å². The fraction of sp³-hybridized carbons (Fsp3) is 0.548. The van der Waals surface area contributed by atoms with Gasteiger partial charge in [0.15, 0.2) is 18.1 Å². The molecule has 0 radical (unpaired) electrons. The van der Waals surface area contributed by atoms with Gasteiger partial charge in [-0.3, -0.25) is 28.3 Å². The van der Waals surface area contributed by atoms with Crippen molar-refractivity contribution in [2.75, 3.05) is 45.7 Å². The number of aliphatic hydroxyl groups excluding tert-OH is 2. The minimum Gasteiger partial charge on any atom is -0.445 e. The summed E-state index contributed by atoms with van der Waals surface area (Å²) in [7, 11) is 2.88. The summed E-state index contributed by atoms with van der Waals surface area (Å²) < 4.78 is 19.2. The van der Waals surface area contributed by atoms with E-state index in [-0.39, 0.29) is 67.2 Å². The minimum atomic E-state index is -1.54. The molecule has 7 N–H and O–H groups in total. The molecule has 3 heterocycles. The second-order valence-electron chi connectivity index (χ2n) is 15.8. The van der Waals surface area contributed by atoms with Crippen molar-refractivity contribution in [3.63, 3.8) is 0 Å². The van der Waals surface area contributed by atoms with Crippen molar-refractivity contribution in [3.05, 3.63) is 75.1 Å². The number of allylic oxidation sites excluding steroid dienone is 1. The van der Waals surface area contributed by atoms with Gasteiger partial charge in [-0.15, -0.1) is 6.58 Å². The Morgan fingerprint density at radius 2 is 1.73 bits per heavy atom. The van der Waals surface area contributed by atoms with Gasteiger partial charge >= 0.3 is 17.9 Å². The second-order valence-corrected chi connectivity index (χ2v) is 15.8. The molecule has 1 aliphatic rings. The number of anilines is 1. The van der Waals surface area contributed by atoms with Gasteiger partial charge in [-0.05, 0) is 56.0 Å². The largest absolute Gasteiger partial charge is 0.445 e. The molecular formula is C42H60N8O12. The zero-order chi connectivity index (χ0) is 45.8. The average Bonchev–Trinajstić information content (AvgIpc) is 3.68. The monoisotopic (exact) mass is 868 g/mol. The van der Waals surface area contributed by atoms with Crippen LogP contribution in [0.15, 0.2) is 52.6 Å². The highest BCUT2D eigenvalue weighted by Crippen LogP contribution is 2.33. The van der Waals surface area contributed by atoms with E-state index in [9.17, 15) is 43.8 Å². The Labute approximate surface area is 359 Å². The highest BCUT2D eigenvalue weighted by Gasteiger charge is 2.49. The van der Waals surface area contributed by atoms with Crippen molar-refractivity contribution in [2.45, 2.75) is 97.1 Å². The molecule has 1 aromatic carbocycles. The van der Waals surface area contributed by atoms with Crippen LogP contribution < -0.4 is 27.6 Å². The number of aliphatic hydroxyl groups is 2. The summed E-state index contributed by atoms with van der Waals surface area (Å²) in [5.41, 5.74) is 6.14. The molecule has 1 fully saturated rings. The Morgan fingerprint density at radius 1 is 1.06 bits per heavy atom. The SMILES string of the molecule is C=CCn1c(=O)n([C@@H]2O[C@H](CO)[C@@H](O)C2OC(=O)N(C)CCN(C)C(=O)OCc2ccc(NC(=O)[C@H](CCCCN)CC(=O)[C@@H](NC(C)=O)C(C)C)cc2)c2cc(C)[nH]c(=O)c21. The molecule has 0 saturated carbocycles. The van der Waals surface area contributed by atoms with E-state index in [0.29, 0.717) is 42.8 Å². The quantitative estimate of drug-likeness (QED) is 0.0659. The average molecular weight is 869 g/mol. The topological polar surface area (TPSA) is 270 Å². The Kier molecular flexibility index (Phi) is 17.6. The van der Waals surface area contributed by atoms with Crippen molar-refractivity contribution < 1.29 is 48.4 Å². The normalized spacial score (nSPS) is 18.2. The number of unbranched alkanes of at least 4 members (excludes halogenated alkanes) is 1. The summed E-state index contributed by atoms with van der Waals surface area (Å²) in [6.45, 7) is 9.92. The predicted molar refractivity (Wildman–Crippen MR) is 228 cm³/mol. The Balaban J connectivity index is 1.32. The molecule has 4 rings (SSSR count).